The Hall–Kier alpha value is -2.84. The Labute approximate surface area is 276 Å². The molecule has 0 aromatic heterocycles. The number of ether oxygens (including phenoxy) is 2. The van der Waals surface area contributed by atoms with Gasteiger partial charge in [0.25, 0.3) is 5.91 Å². The van der Waals surface area contributed by atoms with Crippen LogP contribution in [-0.4, -0.2) is 48.1 Å². The van der Waals surface area contributed by atoms with E-state index in [1.54, 1.807) is 6.07 Å². The standard InChI is InChI=1S/C36H49ClN2O5S/c1-6-8-10-25-18-30(37)14-16-32(25)29-22-39(21-28-12-15-31(28)26(11-9-7-2)20-35(40)43-5)33-19-27(13-17-34(33)44-23-29)36(41)38-45(42)24(3)4/h9,11,13-14,16-19,24,26,28-29,31H,6-8,10,12,15,20-23H2,1-5H3,(H,38,41)/b11-9+. The molecule has 2 aromatic carbocycles. The topological polar surface area (TPSA) is 84.9 Å². The molecule has 1 aliphatic heterocycles. The van der Waals surface area contributed by atoms with Crippen LogP contribution in [0.25, 0.3) is 0 Å². The summed E-state index contributed by atoms with van der Waals surface area (Å²) in [6.07, 6.45) is 10.9. The second-order valence-corrected chi connectivity index (χ2v) is 14.8. The number of hydrogen-bond donors (Lipinski definition) is 1. The number of carbonyl (C=O) groups excluding carboxylic acids is 2. The third-order valence-electron chi connectivity index (χ3n) is 9.14. The third kappa shape index (κ3) is 9.13. The molecule has 1 N–H and O–H groups in total. The lowest BCUT2D eigenvalue weighted by atomic mass is 9.65. The first-order chi connectivity index (χ1) is 21.6. The van der Waals surface area contributed by atoms with Gasteiger partial charge in [0, 0.05) is 34.8 Å². The molecule has 1 heterocycles. The van der Waals surface area contributed by atoms with Gasteiger partial charge in [-0.3, -0.25) is 14.3 Å². The first-order valence-electron chi connectivity index (χ1n) is 16.4. The zero-order chi connectivity index (χ0) is 32.5. The van der Waals surface area contributed by atoms with Crippen LogP contribution in [0, 0.1) is 17.8 Å². The van der Waals surface area contributed by atoms with E-state index in [4.69, 9.17) is 21.1 Å². The van der Waals surface area contributed by atoms with Gasteiger partial charge in [-0.2, -0.15) is 0 Å². The lowest BCUT2D eigenvalue weighted by Gasteiger charge is -2.44. The van der Waals surface area contributed by atoms with Crippen molar-refractivity contribution in [2.24, 2.45) is 17.8 Å². The number of hydrogen-bond acceptors (Lipinski definition) is 6. The third-order valence-corrected chi connectivity index (χ3v) is 10.6. The summed E-state index contributed by atoms with van der Waals surface area (Å²) in [4.78, 5) is 27.8. The van der Waals surface area contributed by atoms with E-state index in [2.05, 4.69) is 47.8 Å². The summed E-state index contributed by atoms with van der Waals surface area (Å²) in [5.74, 6) is 1.12. The summed E-state index contributed by atoms with van der Waals surface area (Å²) in [5, 5.41) is 0.551. The number of rotatable bonds is 14. The van der Waals surface area contributed by atoms with E-state index in [0.29, 0.717) is 37.0 Å². The van der Waals surface area contributed by atoms with Crippen molar-refractivity contribution in [2.75, 3.05) is 31.7 Å². The molecule has 1 fully saturated rings. The molecule has 2 aliphatic rings. The molecule has 1 aliphatic carbocycles. The number of benzene rings is 2. The van der Waals surface area contributed by atoms with E-state index < -0.39 is 11.0 Å². The van der Waals surface area contributed by atoms with Crippen LogP contribution in [0.15, 0.2) is 48.6 Å². The summed E-state index contributed by atoms with van der Waals surface area (Å²) < 4.78 is 26.6. The average Bonchev–Trinajstić information content (AvgIpc) is 3.19. The van der Waals surface area contributed by atoms with E-state index in [-0.39, 0.29) is 29.0 Å². The molecule has 2 aromatic rings. The predicted molar refractivity (Wildman–Crippen MR) is 183 cm³/mol. The molecule has 0 radical (unpaired) electrons. The number of nitrogens with zero attached hydrogens (tertiary/aromatic N) is 1. The molecular weight excluding hydrogens is 608 g/mol. The Morgan fingerprint density at radius 2 is 1.98 bits per heavy atom. The number of methoxy groups -OCH3 is 1. The largest absolute Gasteiger partial charge is 0.491 e. The van der Waals surface area contributed by atoms with Crippen molar-refractivity contribution in [1.82, 2.24) is 4.72 Å². The summed E-state index contributed by atoms with van der Waals surface area (Å²) in [7, 11) is -0.0245. The molecule has 0 bridgehead atoms. The van der Waals surface area contributed by atoms with Gasteiger partial charge in [-0.25, -0.2) is 4.21 Å². The molecule has 0 saturated heterocycles. The molecule has 5 atom stereocenters. The monoisotopic (exact) mass is 656 g/mol. The van der Waals surface area contributed by atoms with E-state index in [0.717, 1.165) is 61.5 Å². The number of halogens is 1. The maximum atomic E-state index is 13.1. The highest BCUT2D eigenvalue weighted by molar-refractivity contribution is 7.84. The van der Waals surface area contributed by atoms with Crippen molar-refractivity contribution in [3.8, 4) is 5.75 Å². The summed E-state index contributed by atoms with van der Waals surface area (Å²) >= 11 is 6.45. The Balaban J connectivity index is 1.68. The van der Waals surface area contributed by atoms with E-state index in [1.807, 2.05) is 32.0 Å². The Morgan fingerprint density at radius 1 is 1.18 bits per heavy atom. The molecule has 1 saturated carbocycles. The smallest absolute Gasteiger partial charge is 0.306 e. The van der Waals surface area contributed by atoms with Crippen LogP contribution in [0.1, 0.15) is 93.6 Å². The molecule has 5 unspecified atom stereocenters. The fraction of sp³-hybridized carbons (Fsp3) is 0.556. The molecule has 7 nitrogen and oxygen atoms in total. The summed E-state index contributed by atoms with van der Waals surface area (Å²) in [5.41, 5.74) is 3.81. The quantitative estimate of drug-likeness (QED) is 0.166. The highest BCUT2D eigenvalue weighted by Crippen LogP contribution is 2.45. The number of allylic oxidation sites excluding steroid dienone is 2. The van der Waals surface area contributed by atoms with Crippen LogP contribution >= 0.6 is 11.6 Å². The number of unbranched alkanes of at least 4 members (excludes halogenated alkanes) is 1. The van der Waals surface area contributed by atoms with Crippen molar-refractivity contribution in [1.29, 1.82) is 0 Å². The van der Waals surface area contributed by atoms with Gasteiger partial charge in [-0.05, 0) is 105 Å². The van der Waals surface area contributed by atoms with Crippen LogP contribution in [-0.2, 0) is 26.9 Å². The van der Waals surface area contributed by atoms with Crippen molar-refractivity contribution in [3.63, 3.8) is 0 Å². The van der Waals surface area contributed by atoms with Crippen molar-refractivity contribution < 1.29 is 23.3 Å². The van der Waals surface area contributed by atoms with Crippen LogP contribution in [0.4, 0.5) is 5.69 Å². The zero-order valence-corrected chi connectivity index (χ0v) is 28.9. The van der Waals surface area contributed by atoms with Crippen LogP contribution < -0.4 is 14.4 Å². The highest BCUT2D eigenvalue weighted by Gasteiger charge is 2.39. The van der Waals surface area contributed by atoms with Gasteiger partial charge in [-0.15, -0.1) is 0 Å². The minimum Gasteiger partial charge on any atom is -0.491 e. The van der Waals surface area contributed by atoms with Gasteiger partial charge >= 0.3 is 5.97 Å². The fourth-order valence-electron chi connectivity index (χ4n) is 6.44. The second kappa shape index (κ2) is 16.6. The number of fused-ring (bicyclic) bond motifs is 1. The minimum absolute atomic E-state index is 0.0941. The molecule has 45 heavy (non-hydrogen) atoms. The molecule has 0 spiro atoms. The fourth-order valence-corrected chi connectivity index (χ4v) is 7.17. The van der Waals surface area contributed by atoms with Gasteiger partial charge in [-0.1, -0.05) is 50.1 Å². The van der Waals surface area contributed by atoms with E-state index in [1.165, 1.54) is 18.2 Å². The van der Waals surface area contributed by atoms with Crippen LogP contribution in [0.2, 0.25) is 5.02 Å². The maximum absolute atomic E-state index is 13.1. The Kier molecular flexibility index (Phi) is 13.0. The zero-order valence-electron chi connectivity index (χ0n) is 27.4. The second-order valence-electron chi connectivity index (χ2n) is 12.6. The van der Waals surface area contributed by atoms with Crippen molar-refractivity contribution in [3.05, 3.63) is 70.3 Å². The van der Waals surface area contributed by atoms with E-state index >= 15 is 0 Å². The Morgan fingerprint density at radius 3 is 2.64 bits per heavy atom. The van der Waals surface area contributed by atoms with Gasteiger partial charge in [0.1, 0.15) is 16.7 Å². The van der Waals surface area contributed by atoms with Gasteiger partial charge < -0.3 is 14.4 Å². The number of carbonyl (C=O) groups is 2. The van der Waals surface area contributed by atoms with Crippen molar-refractivity contribution in [2.45, 2.75) is 83.8 Å². The molecular formula is C36H49ClN2O5S. The van der Waals surface area contributed by atoms with Gasteiger partial charge in [0.15, 0.2) is 0 Å². The maximum Gasteiger partial charge on any atom is 0.306 e. The lowest BCUT2D eigenvalue weighted by molar-refractivity contribution is -0.142. The number of amides is 1. The molecule has 4 rings (SSSR count). The summed E-state index contributed by atoms with van der Waals surface area (Å²) in [6.45, 7) is 9.92. The molecule has 246 valence electrons. The molecule has 1 amide bonds. The van der Waals surface area contributed by atoms with Gasteiger partial charge in [0.05, 0.1) is 25.8 Å². The lowest BCUT2D eigenvalue weighted by Crippen LogP contribution is -2.43. The number of nitrogens with one attached hydrogen (secondary N) is 1. The first-order valence-corrected chi connectivity index (χ1v) is 18.0. The Bertz CT molecular complexity index is 1380. The number of anilines is 1. The first kappa shape index (κ1) is 35.0. The minimum atomic E-state index is -1.47. The van der Waals surface area contributed by atoms with Crippen molar-refractivity contribution >= 4 is 40.2 Å². The highest BCUT2D eigenvalue weighted by atomic mass is 35.5. The SMILES string of the molecule is CC/C=C/C(CC(=O)OC)C1CCC1CN1CC(c2ccc(Cl)cc2CCCC)COc2ccc(C(=O)NS(=O)C(C)C)cc21. The van der Waals surface area contributed by atoms with Gasteiger partial charge in [0.2, 0.25) is 0 Å². The summed E-state index contributed by atoms with van der Waals surface area (Å²) in [6, 6.07) is 11.7. The number of aryl methyl sites for hydroxylation is 1. The number of esters is 1. The van der Waals surface area contributed by atoms with Crippen LogP contribution in [0.5, 0.6) is 5.75 Å². The average molecular weight is 657 g/mol. The molecule has 9 heteroatoms. The predicted octanol–water partition coefficient (Wildman–Crippen LogP) is 7.64. The normalized spacial score (nSPS) is 21.0. The van der Waals surface area contributed by atoms with E-state index in [9.17, 15) is 13.8 Å². The van der Waals surface area contributed by atoms with Crippen LogP contribution in [0.3, 0.4) is 0 Å².